The fourth-order valence-electron chi connectivity index (χ4n) is 1.55. The molecule has 0 aliphatic carbocycles. The molecule has 1 heterocycles. The van der Waals surface area contributed by atoms with E-state index in [-0.39, 0.29) is 12.5 Å². The quantitative estimate of drug-likeness (QED) is 0.821. The Labute approximate surface area is 115 Å². The summed E-state index contributed by atoms with van der Waals surface area (Å²) in [6, 6.07) is 10.9. The Kier molecular flexibility index (Phi) is 4.94. The Balaban J connectivity index is 1.91. The number of para-hydroxylation sites is 1. The maximum absolute atomic E-state index is 11.8. The molecule has 2 rings (SSSR count). The molecule has 0 atom stereocenters. The average molecular weight is 274 g/mol. The summed E-state index contributed by atoms with van der Waals surface area (Å²) in [6.07, 6.45) is 3.39. The van der Waals surface area contributed by atoms with Crippen LogP contribution < -0.4 is 5.32 Å². The summed E-state index contributed by atoms with van der Waals surface area (Å²) in [6.45, 7) is -0.0893. The van der Waals surface area contributed by atoms with Crippen molar-refractivity contribution < 1.29 is 9.90 Å². The first-order valence-corrected chi connectivity index (χ1v) is 6.79. The van der Waals surface area contributed by atoms with E-state index in [4.69, 9.17) is 0 Å². The number of nitrogens with zero attached hydrogens (tertiary/aromatic N) is 1. The number of amides is 1. The van der Waals surface area contributed by atoms with E-state index < -0.39 is 0 Å². The average Bonchev–Trinajstić information content (AvgIpc) is 2.47. The summed E-state index contributed by atoms with van der Waals surface area (Å²) >= 11 is 1.45. The summed E-state index contributed by atoms with van der Waals surface area (Å²) in [4.78, 5) is 16.7. The SMILES string of the molecule is O=C(CSc1ccncc1)Nc1ccccc1CO. The number of nitrogens with one attached hydrogen (secondary N) is 1. The van der Waals surface area contributed by atoms with Gasteiger partial charge < -0.3 is 10.4 Å². The van der Waals surface area contributed by atoms with Crippen molar-refractivity contribution in [1.29, 1.82) is 0 Å². The van der Waals surface area contributed by atoms with Gasteiger partial charge in [-0.2, -0.15) is 0 Å². The van der Waals surface area contributed by atoms with Gasteiger partial charge in [0.1, 0.15) is 0 Å². The van der Waals surface area contributed by atoms with Crippen LogP contribution >= 0.6 is 11.8 Å². The van der Waals surface area contributed by atoms with E-state index in [0.717, 1.165) is 4.90 Å². The Morgan fingerprint density at radius 1 is 1.21 bits per heavy atom. The van der Waals surface area contributed by atoms with Gasteiger partial charge in [-0.3, -0.25) is 9.78 Å². The topological polar surface area (TPSA) is 62.2 Å². The number of hydrogen-bond acceptors (Lipinski definition) is 4. The van der Waals surface area contributed by atoms with Gasteiger partial charge in [0.05, 0.1) is 12.4 Å². The van der Waals surface area contributed by atoms with Gasteiger partial charge in [-0.15, -0.1) is 11.8 Å². The maximum atomic E-state index is 11.8. The van der Waals surface area contributed by atoms with Crippen LogP contribution in [0.2, 0.25) is 0 Å². The van der Waals surface area contributed by atoms with E-state index >= 15 is 0 Å². The van der Waals surface area contributed by atoms with Crippen LogP contribution in [0.3, 0.4) is 0 Å². The lowest BCUT2D eigenvalue weighted by Gasteiger charge is -2.08. The molecule has 0 fully saturated rings. The third kappa shape index (κ3) is 4.08. The van der Waals surface area contributed by atoms with Gasteiger partial charge in [-0.25, -0.2) is 0 Å². The minimum atomic E-state index is -0.0947. The van der Waals surface area contributed by atoms with Crippen LogP contribution in [0.15, 0.2) is 53.7 Å². The van der Waals surface area contributed by atoms with Gasteiger partial charge in [0.25, 0.3) is 0 Å². The zero-order valence-electron chi connectivity index (χ0n) is 10.2. The highest BCUT2D eigenvalue weighted by atomic mass is 32.2. The molecular formula is C14H14N2O2S. The van der Waals surface area contributed by atoms with Crippen LogP contribution in [0.4, 0.5) is 5.69 Å². The fourth-order valence-corrected chi connectivity index (χ4v) is 2.23. The molecule has 0 bridgehead atoms. The van der Waals surface area contributed by atoms with Crippen LogP contribution in [-0.4, -0.2) is 21.8 Å². The van der Waals surface area contributed by atoms with Crippen molar-refractivity contribution in [3.05, 3.63) is 54.4 Å². The molecule has 19 heavy (non-hydrogen) atoms. The molecule has 2 N–H and O–H groups in total. The van der Waals surface area contributed by atoms with Gasteiger partial charge >= 0.3 is 0 Å². The first-order chi connectivity index (χ1) is 9.29. The monoisotopic (exact) mass is 274 g/mol. The van der Waals surface area contributed by atoms with Crippen molar-refractivity contribution in [2.45, 2.75) is 11.5 Å². The first-order valence-electron chi connectivity index (χ1n) is 5.81. The molecule has 0 spiro atoms. The van der Waals surface area contributed by atoms with Crippen LogP contribution in [0.1, 0.15) is 5.56 Å². The highest BCUT2D eigenvalue weighted by Gasteiger charge is 2.06. The zero-order valence-corrected chi connectivity index (χ0v) is 11.1. The van der Waals surface area contributed by atoms with Crippen molar-refractivity contribution in [2.75, 3.05) is 11.1 Å². The number of carbonyl (C=O) groups excluding carboxylic acids is 1. The maximum Gasteiger partial charge on any atom is 0.234 e. The number of benzene rings is 1. The summed E-state index contributed by atoms with van der Waals surface area (Å²) in [7, 11) is 0. The molecule has 0 radical (unpaired) electrons. The summed E-state index contributed by atoms with van der Waals surface area (Å²) in [5.41, 5.74) is 1.37. The minimum absolute atomic E-state index is 0.0893. The molecule has 0 aliphatic heterocycles. The molecule has 0 unspecified atom stereocenters. The van der Waals surface area contributed by atoms with Crippen LogP contribution in [-0.2, 0) is 11.4 Å². The second-order valence-corrected chi connectivity index (χ2v) is 4.88. The Hall–Kier alpha value is -1.85. The Morgan fingerprint density at radius 2 is 1.95 bits per heavy atom. The molecule has 1 aromatic heterocycles. The molecule has 0 aliphatic rings. The molecule has 4 nitrogen and oxygen atoms in total. The second kappa shape index (κ2) is 6.92. The molecule has 1 aromatic carbocycles. The number of pyridine rings is 1. The van der Waals surface area contributed by atoms with E-state index in [1.54, 1.807) is 24.5 Å². The molecule has 0 saturated heterocycles. The van der Waals surface area contributed by atoms with Crippen molar-refractivity contribution >= 4 is 23.4 Å². The lowest BCUT2D eigenvalue weighted by Crippen LogP contribution is -2.15. The minimum Gasteiger partial charge on any atom is -0.392 e. The number of anilines is 1. The summed E-state index contributed by atoms with van der Waals surface area (Å²) in [5, 5.41) is 12.0. The van der Waals surface area contributed by atoms with E-state index in [1.807, 2.05) is 24.3 Å². The Morgan fingerprint density at radius 3 is 2.68 bits per heavy atom. The number of thioether (sulfide) groups is 1. The Bertz CT molecular complexity index is 546. The number of carbonyl (C=O) groups is 1. The van der Waals surface area contributed by atoms with Crippen LogP contribution in [0.5, 0.6) is 0 Å². The zero-order chi connectivity index (χ0) is 13.5. The number of aliphatic hydroxyl groups is 1. The largest absolute Gasteiger partial charge is 0.392 e. The van der Waals surface area contributed by atoms with Crippen molar-refractivity contribution in [2.24, 2.45) is 0 Å². The second-order valence-electron chi connectivity index (χ2n) is 3.84. The van der Waals surface area contributed by atoms with E-state index in [2.05, 4.69) is 10.3 Å². The van der Waals surface area contributed by atoms with Crippen LogP contribution in [0.25, 0.3) is 0 Å². The number of rotatable bonds is 5. The van der Waals surface area contributed by atoms with Gasteiger partial charge in [0, 0.05) is 28.5 Å². The van der Waals surface area contributed by atoms with E-state index in [9.17, 15) is 9.90 Å². The predicted molar refractivity (Wildman–Crippen MR) is 76.0 cm³/mol. The third-order valence-corrected chi connectivity index (χ3v) is 3.49. The van der Waals surface area contributed by atoms with Gasteiger partial charge in [0.2, 0.25) is 5.91 Å². The highest BCUT2D eigenvalue weighted by Crippen LogP contribution is 2.18. The number of hydrogen-bond donors (Lipinski definition) is 2. The first kappa shape index (κ1) is 13.6. The van der Waals surface area contributed by atoms with Crippen molar-refractivity contribution in [3.8, 4) is 0 Å². The number of aliphatic hydroxyl groups excluding tert-OH is 1. The fraction of sp³-hybridized carbons (Fsp3) is 0.143. The summed E-state index contributed by atoms with van der Waals surface area (Å²) in [5.74, 6) is 0.228. The third-order valence-electron chi connectivity index (χ3n) is 2.48. The standard InChI is InChI=1S/C14H14N2O2S/c17-9-11-3-1-2-4-13(11)16-14(18)10-19-12-5-7-15-8-6-12/h1-8,17H,9-10H2,(H,16,18). The molecule has 98 valence electrons. The summed E-state index contributed by atoms with van der Waals surface area (Å²) < 4.78 is 0. The lowest BCUT2D eigenvalue weighted by molar-refractivity contribution is -0.113. The van der Waals surface area contributed by atoms with Crippen molar-refractivity contribution in [1.82, 2.24) is 4.98 Å². The van der Waals surface area contributed by atoms with Gasteiger partial charge in [-0.05, 0) is 18.2 Å². The molecular weight excluding hydrogens is 260 g/mol. The van der Waals surface area contributed by atoms with E-state index in [1.165, 1.54) is 11.8 Å². The smallest absolute Gasteiger partial charge is 0.234 e. The molecule has 0 saturated carbocycles. The van der Waals surface area contributed by atoms with Gasteiger partial charge in [-0.1, -0.05) is 18.2 Å². The van der Waals surface area contributed by atoms with Gasteiger partial charge in [0.15, 0.2) is 0 Å². The molecule has 2 aromatic rings. The molecule has 5 heteroatoms. The van der Waals surface area contributed by atoms with Crippen molar-refractivity contribution in [3.63, 3.8) is 0 Å². The van der Waals surface area contributed by atoms with Crippen LogP contribution in [0, 0.1) is 0 Å². The predicted octanol–water partition coefficient (Wildman–Crippen LogP) is 2.30. The normalized spacial score (nSPS) is 10.2. The molecule has 1 amide bonds. The highest BCUT2D eigenvalue weighted by molar-refractivity contribution is 8.00. The lowest BCUT2D eigenvalue weighted by atomic mass is 10.2. The number of aromatic nitrogens is 1. The van der Waals surface area contributed by atoms with E-state index in [0.29, 0.717) is 17.0 Å².